The normalized spacial score (nSPS) is 12.8. The Bertz CT molecular complexity index is 2490. The van der Waals surface area contributed by atoms with Gasteiger partial charge in [0, 0.05) is 55.5 Å². The van der Waals surface area contributed by atoms with E-state index < -0.39 is 36.0 Å². The highest BCUT2D eigenvalue weighted by Crippen LogP contribution is 2.35. The molecule has 8 amide bonds. The molecule has 4 aromatic rings. The van der Waals surface area contributed by atoms with Gasteiger partial charge in [-0.05, 0) is 79.6 Å². The summed E-state index contributed by atoms with van der Waals surface area (Å²) in [5, 5.41) is 23.9. The lowest BCUT2D eigenvalue weighted by Gasteiger charge is -2.25. The van der Waals surface area contributed by atoms with E-state index in [4.69, 9.17) is 15.2 Å². The van der Waals surface area contributed by atoms with Crippen LogP contribution in [0.3, 0.4) is 0 Å². The monoisotopic (exact) mass is 902 g/mol. The Balaban J connectivity index is 1.15. The quantitative estimate of drug-likeness (QED) is 0.0443. The van der Waals surface area contributed by atoms with Crippen LogP contribution in [0.2, 0.25) is 0 Å². The van der Waals surface area contributed by atoms with Crippen molar-refractivity contribution in [2.24, 2.45) is 11.7 Å². The van der Waals surface area contributed by atoms with E-state index in [-0.39, 0.29) is 61.9 Å². The summed E-state index contributed by atoms with van der Waals surface area (Å²) in [5.41, 5.74) is 8.88. The molecule has 2 heterocycles. The van der Waals surface area contributed by atoms with E-state index in [0.29, 0.717) is 59.6 Å². The number of rotatable bonds is 22. The minimum atomic E-state index is -1.06. The van der Waals surface area contributed by atoms with E-state index in [9.17, 15) is 38.8 Å². The third kappa shape index (κ3) is 13.7. The summed E-state index contributed by atoms with van der Waals surface area (Å²) in [5.74, 6) is -2.15. The van der Waals surface area contributed by atoms with Gasteiger partial charge in [-0.15, -0.1) is 0 Å². The summed E-state index contributed by atoms with van der Waals surface area (Å²) in [4.78, 5) is 95.3. The van der Waals surface area contributed by atoms with Crippen LogP contribution >= 0.6 is 0 Å². The van der Waals surface area contributed by atoms with E-state index in [1.54, 1.807) is 56.3 Å². The average molecular weight is 903 g/mol. The summed E-state index contributed by atoms with van der Waals surface area (Å²) in [6.45, 7) is 3.81. The molecule has 1 aliphatic heterocycles. The number of ether oxygens (including phenoxy) is 2. The van der Waals surface area contributed by atoms with Crippen molar-refractivity contribution in [3.05, 3.63) is 96.2 Å². The predicted octanol–water partition coefficient (Wildman–Crippen LogP) is 5.13. The number of hydrogen-bond donors (Lipinski definition) is 6. The Morgan fingerprint density at radius 2 is 1.61 bits per heavy atom. The third-order valence-corrected chi connectivity index (χ3v) is 10.6. The average Bonchev–Trinajstić information content (AvgIpc) is 3.62. The number of primary amides is 1. The van der Waals surface area contributed by atoms with E-state index in [1.165, 1.54) is 19.3 Å². The Morgan fingerprint density at radius 1 is 0.879 bits per heavy atom. The fraction of sp³-hybridized carbons (Fsp3) is 0.340. The van der Waals surface area contributed by atoms with Gasteiger partial charge in [0.05, 0.1) is 24.0 Å². The first kappa shape index (κ1) is 49.0. The molecule has 3 aromatic carbocycles. The van der Waals surface area contributed by atoms with Crippen molar-refractivity contribution >= 4 is 75.3 Å². The summed E-state index contributed by atoms with van der Waals surface area (Å²) in [6, 6.07) is 20.3. The predicted molar refractivity (Wildman–Crippen MR) is 246 cm³/mol. The van der Waals surface area contributed by atoms with E-state index in [0.717, 1.165) is 16.0 Å². The fourth-order valence-corrected chi connectivity index (χ4v) is 7.05. The van der Waals surface area contributed by atoms with Gasteiger partial charge in [-0.2, -0.15) is 5.26 Å². The standard InChI is InChI=1S/C47H54N10O9/c1-29(2)43(55-40(58)14-6-5-9-24-57-41(59)21-22-42(57)60)45(62)53-36(13-10-23-50-46(49)63)44(61)52-31-17-15-30(16-18-31)28-66-47(64)54-37-26-33(19-20-39(37)65-4)56(3)38-25-32(27-48)51-35-12-8-7-11-34(35)38/h7-8,11-12,15-22,25-26,29,36,43H,5-6,9-10,13-14,23-24,28H2,1-4H3,(H,52,61)(H,53,62)(H,54,64)(H,55,58)(H3,49,50,63)/t36-,43?/m0/s1. The second-order valence-electron chi connectivity index (χ2n) is 15.7. The molecular weight excluding hydrogens is 849 g/mol. The molecule has 2 atom stereocenters. The lowest BCUT2D eigenvalue weighted by molar-refractivity contribution is -0.137. The van der Waals surface area contributed by atoms with Crippen LogP contribution in [0.15, 0.2) is 84.9 Å². The molecule has 0 saturated heterocycles. The topological polar surface area (TPSA) is 267 Å². The molecule has 1 unspecified atom stereocenters. The van der Waals surface area contributed by atoms with Crippen LogP contribution in [0.1, 0.15) is 63.6 Å². The molecule has 0 spiro atoms. The SMILES string of the molecule is COc1ccc(N(C)c2cc(C#N)nc3ccccc23)cc1NC(=O)OCc1ccc(NC(=O)[C@H](CCCNC(N)=O)NC(=O)C(NC(=O)CCCCCN2C(=O)C=CC2=O)C(C)C)cc1. The number of benzene rings is 3. The molecule has 5 rings (SSSR count). The van der Waals surface area contributed by atoms with Gasteiger partial charge in [-0.25, -0.2) is 14.6 Å². The largest absolute Gasteiger partial charge is 0.495 e. The fourth-order valence-electron chi connectivity index (χ4n) is 7.05. The number of amides is 8. The van der Waals surface area contributed by atoms with E-state index in [2.05, 4.69) is 37.6 Å². The molecule has 346 valence electrons. The van der Waals surface area contributed by atoms with Crippen molar-refractivity contribution < 1.29 is 43.0 Å². The molecule has 66 heavy (non-hydrogen) atoms. The van der Waals surface area contributed by atoms with Gasteiger partial charge in [-0.1, -0.05) is 50.6 Å². The number of nitriles is 1. The third-order valence-electron chi connectivity index (χ3n) is 10.6. The molecular formula is C47H54N10O9. The van der Waals surface area contributed by atoms with Crippen molar-refractivity contribution in [2.45, 2.75) is 71.1 Å². The zero-order valence-corrected chi connectivity index (χ0v) is 37.2. The maximum atomic E-state index is 13.6. The summed E-state index contributed by atoms with van der Waals surface area (Å²) < 4.78 is 11.0. The number of methoxy groups -OCH3 is 1. The Labute approximate surface area is 382 Å². The number of anilines is 4. The lowest BCUT2D eigenvalue weighted by Crippen LogP contribution is -2.54. The lowest BCUT2D eigenvalue weighted by atomic mass is 10.0. The van der Waals surface area contributed by atoms with Crippen LogP contribution in [-0.4, -0.2) is 90.9 Å². The zero-order chi connectivity index (χ0) is 47.8. The van der Waals surface area contributed by atoms with Gasteiger partial charge < -0.3 is 41.4 Å². The molecule has 1 aliphatic rings. The second kappa shape index (κ2) is 23.6. The van der Waals surface area contributed by atoms with Crippen LogP contribution in [0.5, 0.6) is 5.75 Å². The van der Waals surface area contributed by atoms with Gasteiger partial charge in [0.2, 0.25) is 17.7 Å². The number of urea groups is 1. The Hall–Kier alpha value is -8.01. The highest BCUT2D eigenvalue weighted by atomic mass is 16.5. The zero-order valence-electron chi connectivity index (χ0n) is 37.2. The number of pyridine rings is 1. The molecule has 1 aromatic heterocycles. The summed E-state index contributed by atoms with van der Waals surface area (Å²) in [7, 11) is 3.31. The van der Waals surface area contributed by atoms with Gasteiger partial charge in [0.15, 0.2) is 0 Å². The highest BCUT2D eigenvalue weighted by Gasteiger charge is 2.29. The van der Waals surface area contributed by atoms with Gasteiger partial charge in [0.1, 0.15) is 36.2 Å². The number of aromatic nitrogens is 1. The number of imide groups is 1. The number of carbonyl (C=O) groups excluding carboxylic acids is 7. The van der Waals surface area contributed by atoms with Crippen LogP contribution in [0, 0.1) is 17.2 Å². The number of unbranched alkanes of at least 4 members (excludes halogenated alkanes) is 2. The first-order valence-corrected chi connectivity index (χ1v) is 21.4. The first-order valence-electron chi connectivity index (χ1n) is 21.4. The highest BCUT2D eigenvalue weighted by molar-refractivity contribution is 6.12. The van der Waals surface area contributed by atoms with Crippen LogP contribution < -0.4 is 42.0 Å². The molecule has 0 aliphatic carbocycles. The molecule has 19 nitrogen and oxygen atoms in total. The van der Waals surface area contributed by atoms with Crippen molar-refractivity contribution in [1.29, 1.82) is 5.26 Å². The van der Waals surface area contributed by atoms with Gasteiger partial charge in [-0.3, -0.25) is 34.2 Å². The number of para-hydroxylation sites is 1. The van der Waals surface area contributed by atoms with Crippen molar-refractivity contribution in [1.82, 2.24) is 25.8 Å². The van der Waals surface area contributed by atoms with Gasteiger partial charge >= 0.3 is 12.1 Å². The molecule has 0 bridgehead atoms. The van der Waals surface area contributed by atoms with Gasteiger partial charge in [0.25, 0.3) is 11.8 Å². The minimum absolute atomic E-state index is 0.114. The molecule has 0 saturated carbocycles. The smallest absolute Gasteiger partial charge is 0.412 e. The number of nitrogens with one attached hydrogen (secondary N) is 5. The van der Waals surface area contributed by atoms with Crippen molar-refractivity contribution in [2.75, 3.05) is 42.8 Å². The van der Waals surface area contributed by atoms with Crippen molar-refractivity contribution in [3.63, 3.8) is 0 Å². The molecule has 7 N–H and O–H groups in total. The minimum Gasteiger partial charge on any atom is -0.495 e. The molecule has 19 heteroatoms. The van der Waals surface area contributed by atoms with Crippen molar-refractivity contribution in [3.8, 4) is 11.8 Å². The van der Waals surface area contributed by atoms with Crippen LogP contribution in [0.25, 0.3) is 10.9 Å². The van der Waals surface area contributed by atoms with E-state index in [1.807, 2.05) is 42.3 Å². The first-order chi connectivity index (χ1) is 31.7. The summed E-state index contributed by atoms with van der Waals surface area (Å²) >= 11 is 0. The van der Waals surface area contributed by atoms with Crippen LogP contribution in [-0.2, 0) is 35.3 Å². The number of carbonyl (C=O) groups is 7. The Morgan fingerprint density at radius 3 is 2.29 bits per heavy atom. The molecule has 0 fully saturated rings. The maximum Gasteiger partial charge on any atom is 0.412 e. The number of hydrogen-bond acceptors (Lipinski definition) is 12. The number of fused-ring (bicyclic) bond motifs is 1. The molecule has 0 radical (unpaired) electrons. The summed E-state index contributed by atoms with van der Waals surface area (Å²) in [6.07, 6.45) is 3.80. The van der Waals surface area contributed by atoms with Crippen LogP contribution in [0.4, 0.5) is 32.3 Å². The Kier molecular flexibility index (Phi) is 17.5. The van der Waals surface area contributed by atoms with E-state index >= 15 is 0 Å². The maximum absolute atomic E-state index is 13.6. The second-order valence-corrected chi connectivity index (χ2v) is 15.7. The number of nitrogens with two attached hydrogens (primary N) is 1. The number of nitrogens with zero attached hydrogens (tertiary/aromatic N) is 4.